The van der Waals surface area contributed by atoms with Crippen molar-refractivity contribution in [2.75, 3.05) is 26.0 Å². The van der Waals surface area contributed by atoms with E-state index < -0.39 is 0 Å². The molecule has 1 aliphatic carbocycles. The van der Waals surface area contributed by atoms with E-state index in [1.165, 1.54) is 24.9 Å². The predicted octanol–water partition coefficient (Wildman–Crippen LogP) is 4.22. The van der Waals surface area contributed by atoms with Gasteiger partial charge in [0.05, 0.1) is 5.69 Å². The Morgan fingerprint density at radius 1 is 1.09 bits per heavy atom. The molecule has 118 valence electrons. The Balaban J connectivity index is 1.66. The van der Waals surface area contributed by atoms with Gasteiger partial charge < -0.3 is 4.90 Å². The first-order chi connectivity index (χ1) is 10.6. The van der Waals surface area contributed by atoms with Crippen molar-refractivity contribution in [1.82, 2.24) is 4.90 Å². The van der Waals surface area contributed by atoms with Crippen LogP contribution in [-0.2, 0) is 0 Å². The van der Waals surface area contributed by atoms with Crippen molar-refractivity contribution in [2.45, 2.75) is 37.9 Å². The van der Waals surface area contributed by atoms with Crippen molar-refractivity contribution in [1.29, 1.82) is 0 Å². The van der Waals surface area contributed by atoms with Crippen molar-refractivity contribution >= 4 is 11.4 Å². The number of anilines is 1. The number of benzene rings is 1. The van der Waals surface area contributed by atoms with Crippen LogP contribution >= 0.6 is 0 Å². The van der Waals surface area contributed by atoms with Gasteiger partial charge in [-0.3, -0.25) is 4.90 Å². The molecule has 1 aromatic carbocycles. The summed E-state index contributed by atoms with van der Waals surface area (Å²) in [6, 6.07) is 8.88. The van der Waals surface area contributed by atoms with Gasteiger partial charge in [-0.1, -0.05) is 12.2 Å². The third kappa shape index (κ3) is 3.22. The minimum Gasteiger partial charge on any atom is -0.378 e. The van der Waals surface area contributed by atoms with Gasteiger partial charge in [-0.2, -0.15) is 10.2 Å². The molecule has 0 aromatic heterocycles. The summed E-state index contributed by atoms with van der Waals surface area (Å²) in [5.41, 5.74) is 2.12. The number of likely N-dealkylation sites (tertiary alicyclic amines) is 1. The smallest absolute Gasteiger partial charge is 0.123 e. The zero-order valence-electron chi connectivity index (χ0n) is 13.8. The number of rotatable bonds is 3. The highest BCUT2D eigenvalue weighted by Gasteiger charge is 2.34. The molecule has 0 bridgehead atoms. The molecule has 3 atom stereocenters. The maximum Gasteiger partial charge on any atom is 0.123 e. The molecular formula is C18H26N4. The molecule has 0 N–H and O–H groups in total. The standard InChI is InChI=1S/C18H26N4/c1-21(2)16-11-9-15(10-12-16)19-20-18-13-8-14-6-4-5-7-17(14)22(18)3/h4,6,9-12,14,17-18H,5,7-8,13H2,1-3H3. The first-order valence-corrected chi connectivity index (χ1v) is 8.22. The summed E-state index contributed by atoms with van der Waals surface area (Å²) in [4.78, 5) is 4.52. The fourth-order valence-electron chi connectivity index (χ4n) is 3.53. The number of fused-ring (bicyclic) bond motifs is 1. The highest BCUT2D eigenvalue weighted by Crippen LogP contribution is 2.34. The normalized spacial score (nSPS) is 28.8. The van der Waals surface area contributed by atoms with E-state index in [4.69, 9.17) is 0 Å². The Morgan fingerprint density at radius 2 is 1.86 bits per heavy atom. The van der Waals surface area contributed by atoms with Gasteiger partial charge in [-0.25, -0.2) is 0 Å². The second-order valence-electron chi connectivity index (χ2n) is 6.59. The number of hydrogen-bond donors (Lipinski definition) is 0. The molecule has 0 saturated carbocycles. The molecule has 3 rings (SSSR count). The van der Waals surface area contributed by atoms with Crippen LogP contribution in [0.15, 0.2) is 46.6 Å². The van der Waals surface area contributed by atoms with E-state index in [1.54, 1.807) is 0 Å². The molecule has 22 heavy (non-hydrogen) atoms. The van der Waals surface area contributed by atoms with Crippen molar-refractivity contribution in [2.24, 2.45) is 16.1 Å². The Hall–Kier alpha value is -1.68. The Morgan fingerprint density at radius 3 is 2.59 bits per heavy atom. The van der Waals surface area contributed by atoms with Gasteiger partial charge in [0, 0.05) is 25.8 Å². The van der Waals surface area contributed by atoms with E-state index in [-0.39, 0.29) is 6.17 Å². The molecule has 4 heteroatoms. The summed E-state index contributed by atoms with van der Waals surface area (Å²) >= 11 is 0. The zero-order valence-corrected chi connectivity index (χ0v) is 13.8. The van der Waals surface area contributed by atoms with Gasteiger partial charge in [0.15, 0.2) is 0 Å². The molecule has 1 aromatic rings. The van der Waals surface area contributed by atoms with E-state index in [1.807, 2.05) is 26.2 Å². The van der Waals surface area contributed by atoms with Gasteiger partial charge in [-0.15, -0.1) is 0 Å². The number of nitrogens with zero attached hydrogens (tertiary/aromatic N) is 4. The second kappa shape index (κ2) is 6.61. The Kier molecular flexibility index (Phi) is 4.57. The Bertz CT molecular complexity index is 547. The molecule has 1 heterocycles. The lowest BCUT2D eigenvalue weighted by molar-refractivity contribution is 0.0748. The molecule has 0 amide bonds. The molecular weight excluding hydrogens is 272 g/mol. The zero-order chi connectivity index (χ0) is 15.5. The van der Waals surface area contributed by atoms with Crippen molar-refractivity contribution in [3.63, 3.8) is 0 Å². The quantitative estimate of drug-likeness (QED) is 0.618. The molecule has 0 radical (unpaired) electrons. The topological polar surface area (TPSA) is 31.2 Å². The van der Waals surface area contributed by atoms with E-state index in [0.29, 0.717) is 12.0 Å². The first kappa shape index (κ1) is 15.2. The van der Waals surface area contributed by atoms with Crippen LogP contribution < -0.4 is 4.90 Å². The van der Waals surface area contributed by atoms with Crippen LogP contribution in [0.2, 0.25) is 0 Å². The fraction of sp³-hybridized carbons (Fsp3) is 0.556. The fourth-order valence-corrected chi connectivity index (χ4v) is 3.53. The number of allylic oxidation sites excluding steroid dienone is 1. The second-order valence-corrected chi connectivity index (χ2v) is 6.59. The van der Waals surface area contributed by atoms with Crippen LogP contribution in [-0.4, -0.2) is 38.3 Å². The largest absolute Gasteiger partial charge is 0.378 e. The van der Waals surface area contributed by atoms with Gasteiger partial charge in [0.1, 0.15) is 6.17 Å². The first-order valence-electron chi connectivity index (χ1n) is 8.22. The monoisotopic (exact) mass is 298 g/mol. The van der Waals surface area contributed by atoms with Crippen LogP contribution in [0.4, 0.5) is 11.4 Å². The Labute approximate surface area is 133 Å². The molecule has 4 nitrogen and oxygen atoms in total. The summed E-state index contributed by atoms with van der Waals surface area (Å²) in [7, 11) is 6.29. The minimum absolute atomic E-state index is 0.223. The molecule has 2 aliphatic rings. The van der Waals surface area contributed by atoms with Crippen LogP contribution in [0.3, 0.4) is 0 Å². The lowest BCUT2D eigenvalue weighted by atomic mass is 9.82. The summed E-state index contributed by atoms with van der Waals surface area (Å²) in [6.45, 7) is 0. The third-order valence-electron chi connectivity index (χ3n) is 4.93. The van der Waals surface area contributed by atoms with Crippen molar-refractivity contribution in [3.8, 4) is 0 Å². The summed E-state index contributed by atoms with van der Waals surface area (Å²) in [6.07, 6.45) is 9.74. The maximum atomic E-state index is 4.61. The maximum absolute atomic E-state index is 4.61. The van der Waals surface area contributed by atoms with E-state index >= 15 is 0 Å². The average molecular weight is 298 g/mol. The van der Waals surface area contributed by atoms with Crippen LogP contribution in [0.25, 0.3) is 0 Å². The van der Waals surface area contributed by atoms with Crippen molar-refractivity contribution < 1.29 is 0 Å². The molecule has 1 saturated heterocycles. The molecule has 1 aliphatic heterocycles. The van der Waals surface area contributed by atoms with Crippen LogP contribution in [0.5, 0.6) is 0 Å². The summed E-state index contributed by atoms with van der Waals surface area (Å²) < 4.78 is 0. The average Bonchev–Trinajstić information content (AvgIpc) is 2.55. The molecule has 3 unspecified atom stereocenters. The number of azo groups is 1. The summed E-state index contributed by atoms with van der Waals surface area (Å²) in [5, 5.41) is 9.08. The van der Waals surface area contributed by atoms with Crippen LogP contribution in [0.1, 0.15) is 25.7 Å². The van der Waals surface area contributed by atoms with E-state index in [9.17, 15) is 0 Å². The molecule has 0 spiro atoms. The van der Waals surface area contributed by atoms with Gasteiger partial charge in [0.2, 0.25) is 0 Å². The summed E-state index contributed by atoms with van der Waals surface area (Å²) in [5.74, 6) is 0.713. The van der Waals surface area contributed by atoms with Crippen molar-refractivity contribution in [3.05, 3.63) is 36.4 Å². The highest BCUT2D eigenvalue weighted by atomic mass is 15.3. The van der Waals surface area contributed by atoms with Crippen LogP contribution in [0, 0.1) is 5.92 Å². The van der Waals surface area contributed by atoms with Gasteiger partial charge in [-0.05, 0) is 62.9 Å². The molecule has 1 fully saturated rings. The lowest BCUT2D eigenvalue weighted by Crippen LogP contribution is -2.48. The third-order valence-corrected chi connectivity index (χ3v) is 4.93. The minimum atomic E-state index is 0.223. The highest BCUT2D eigenvalue weighted by molar-refractivity contribution is 5.51. The van der Waals surface area contributed by atoms with Gasteiger partial charge in [0.25, 0.3) is 0 Å². The van der Waals surface area contributed by atoms with E-state index in [2.05, 4.69) is 51.4 Å². The predicted molar refractivity (Wildman–Crippen MR) is 91.7 cm³/mol. The van der Waals surface area contributed by atoms with Gasteiger partial charge >= 0.3 is 0 Å². The lowest BCUT2D eigenvalue weighted by Gasteiger charge is -2.42. The van der Waals surface area contributed by atoms with E-state index in [0.717, 1.165) is 12.1 Å². The number of hydrogen-bond acceptors (Lipinski definition) is 4. The SMILES string of the molecule is CN(C)c1ccc(N=NC2CCC3C=CCCC3N2C)cc1. The number of piperidine rings is 1.